The van der Waals surface area contributed by atoms with Crippen molar-refractivity contribution in [2.45, 2.75) is 25.9 Å². The third-order valence-corrected chi connectivity index (χ3v) is 6.71. The summed E-state index contributed by atoms with van der Waals surface area (Å²) in [4.78, 5) is 11.1. The highest BCUT2D eigenvalue weighted by Crippen LogP contribution is 2.45. The maximum absolute atomic E-state index is 10.6. The van der Waals surface area contributed by atoms with E-state index in [1.54, 1.807) is 23.6 Å². The average Bonchev–Trinajstić information content (AvgIpc) is 3.47. The number of rotatable bonds is 4. The van der Waals surface area contributed by atoms with E-state index >= 15 is 0 Å². The second kappa shape index (κ2) is 7.79. The van der Waals surface area contributed by atoms with Crippen molar-refractivity contribution < 1.29 is 5.11 Å². The van der Waals surface area contributed by atoms with E-state index in [2.05, 4.69) is 39.8 Å². The number of thiocarbonyl (C=S) groups is 1. The number of thiazole rings is 1. The second-order valence-corrected chi connectivity index (χ2v) is 8.72. The summed E-state index contributed by atoms with van der Waals surface area (Å²) in [7, 11) is 0. The summed E-state index contributed by atoms with van der Waals surface area (Å²) in [6, 6.07) is 15.0. The average molecular weight is 448 g/mol. The van der Waals surface area contributed by atoms with Crippen LogP contribution in [0.2, 0.25) is 0 Å². The lowest BCUT2D eigenvalue weighted by atomic mass is 9.96. The van der Waals surface area contributed by atoms with Gasteiger partial charge in [0.2, 0.25) is 0 Å². The molecule has 0 spiro atoms. The van der Waals surface area contributed by atoms with E-state index in [-0.39, 0.29) is 17.8 Å². The number of phenolic OH excluding ortho intramolecular Hbond substituents is 1. The number of aryl methyl sites for hydroxylation is 1. The first-order chi connectivity index (χ1) is 15.1. The molecule has 2 unspecified atom stereocenters. The molecule has 0 amide bonds. The van der Waals surface area contributed by atoms with Gasteiger partial charge in [-0.05, 0) is 62.0 Å². The van der Waals surface area contributed by atoms with E-state index in [0.717, 1.165) is 27.8 Å². The van der Waals surface area contributed by atoms with Gasteiger partial charge in [-0.2, -0.15) is 0 Å². The van der Waals surface area contributed by atoms with Gasteiger partial charge in [0.05, 0.1) is 23.5 Å². The molecule has 8 heteroatoms. The standard InChI is InChI=1S/C23H21N5OS2/c1-14-13-16(15(2)27(14)23-25-11-12-31-23)21-20(17-7-5-6-10-24-17)26-22(30)28(21)18-8-3-4-9-19(18)29/h3-13,20-21,29H,1-2H3,(H,26,30). The van der Waals surface area contributed by atoms with Crippen LogP contribution in [0.1, 0.15) is 34.7 Å². The van der Waals surface area contributed by atoms with Gasteiger partial charge in [0, 0.05) is 29.2 Å². The van der Waals surface area contributed by atoms with E-state index < -0.39 is 0 Å². The molecule has 2 atom stereocenters. The third kappa shape index (κ3) is 3.28. The molecule has 1 aliphatic rings. The van der Waals surface area contributed by atoms with Gasteiger partial charge in [0.1, 0.15) is 5.75 Å². The summed E-state index contributed by atoms with van der Waals surface area (Å²) in [5.74, 6) is 0.187. The Morgan fingerprint density at radius 3 is 2.58 bits per heavy atom. The molecule has 6 nitrogen and oxygen atoms in total. The Morgan fingerprint density at radius 2 is 1.87 bits per heavy atom. The molecule has 4 aromatic rings. The van der Waals surface area contributed by atoms with Crippen molar-refractivity contribution in [2.24, 2.45) is 0 Å². The van der Waals surface area contributed by atoms with Crippen molar-refractivity contribution in [1.29, 1.82) is 0 Å². The van der Waals surface area contributed by atoms with E-state index in [9.17, 15) is 5.11 Å². The van der Waals surface area contributed by atoms with Crippen LogP contribution in [0, 0.1) is 13.8 Å². The van der Waals surface area contributed by atoms with Gasteiger partial charge in [-0.1, -0.05) is 18.2 Å². The van der Waals surface area contributed by atoms with Crippen LogP contribution in [0.5, 0.6) is 5.75 Å². The second-order valence-electron chi connectivity index (χ2n) is 7.46. The summed E-state index contributed by atoms with van der Waals surface area (Å²) < 4.78 is 2.17. The van der Waals surface area contributed by atoms with E-state index in [1.807, 2.05) is 52.9 Å². The number of aromatic nitrogens is 3. The van der Waals surface area contributed by atoms with Crippen molar-refractivity contribution in [3.63, 3.8) is 0 Å². The van der Waals surface area contributed by atoms with Crippen LogP contribution < -0.4 is 10.2 Å². The highest BCUT2D eigenvalue weighted by atomic mass is 32.1. The molecule has 5 rings (SSSR count). The lowest BCUT2D eigenvalue weighted by molar-refractivity contribution is 0.472. The van der Waals surface area contributed by atoms with Gasteiger partial charge < -0.3 is 15.3 Å². The number of nitrogens with one attached hydrogen (secondary N) is 1. The summed E-state index contributed by atoms with van der Waals surface area (Å²) in [5, 5.41) is 17.5. The summed E-state index contributed by atoms with van der Waals surface area (Å²) in [6.45, 7) is 4.18. The Labute approximate surface area is 189 Å². The highest BCUT2D eigenvalue weighted by molar-refractivity contribution is 7.80. The fourth-order valence-electron chi connectivity index (χ4n) is 4.31. The van der Waals surface area contributed by atoms with Crippen LogP contribution >= 0.6 is 23.6 Å². The van der Waals surface area contributed by atoms with Crippen LogP contribution in [0.15, 0.2) is 66.3 Å². The molecule has 156 valence electrons. The number of para-hydroxylation sites is 2. The number of aromatic hydroxyl groups is 1. The molecular formula is C23H21N5OS2. The molecule has 1 aliphatic heterocycles. The number of phenols is 1. The Hall–Kier alpha value is -3.23. The summed E-state index contributed by atoms with van der Waals surface area (Å²) in [6.07, 6.45) is 3.61. The Balaban J connectivity index is 1.70. The largest absolute Gasteiger partial charge is 0.506 e. The summed E-state index contributed by atoms with van der Waals surface area (Å²) in [5.41, 5.74) is 4.86. The lowest BCUT2D eigenvalue weighted by Gasteiger charge is -2.28. The smallest absolute Gasteiger partial charge is 0.193 e. The van der Waals surface area contributed by atoms with Crippen LogP contribution in [-0.2, 0) is 0 Å². The van der Waals surface area contributed by atoms with Crippen LogP contribution in [0.3, 0.4) is 0 Å². The number of hydrogen-bond donors (Lipinski definition) is 2. The SMILES string of the molecule is Cc1cc(C2C(c3ccccn3)NC(=S)N2c2ccccc2O)c(C)n1-c1nccs1. The molecule has 1 saturated heterocycles. The predicted molar refractivity (Wildman–Crippen MR) is 127 cm³/mol. The van der Waals surface area contributed by atoms with E-state index in [0.29, 0.717) is 10.8 Å². The van der Waals surface area contributed by atoms with Crippen LogP contribution in [0.4, 0.5) is 5.69 Å². The molecule has 3 aromatic heterocycles. The van der Waals surface area contributed by atoms with Crippen molar-refractivity contribution in [2.75, 3.05) is 4.90 Å². The minimum Gasteiger partial charge on any atom is -0.506 e. The van der Waals surface area contributed by atoms with Crippen molar-refractivity contribution in [3.05, 3.63) is 88.9 Å². The first-order valence-corrected chi connectivity index (χ1v) is 11.2. The highest BCUT2D eigenvalue weighted by Gasteiger charge is 2.43. The molecule has 4 heterocycles. The lowest BCUT2D eigenvalue weighted by Crippen LogP contribution is -2.29. The van der Waals surface area contributed by atoms with Gasteiger partial charge in [-0.3, -0.25) is 9.55 Å². The zero-order valence-electron chi connectivity index (χ0n) is 17.1. The van der Waals surface area contributed by atoms with Crippen molar-refractivity contribution in [1.82, 2.24) is 19.9 Å². The number of benzene rings is 1. The van der Waals surface area contributed by atoms with Gasteiger partial charge in [-0.25, -0.2) is 4.98 Å². The molecule has 1 fully saturated rings. The van der Waals surface area contributed by atoms with E-state index in [4.69, 9.17) is 12.2 Å². The molecule has 2 N–H and O–H groups in total. The van der Waals surface area contributed by atoms with Gasteiger partial charge in [0.15, 0.2) is 10.2 Å². The molecule has 0 aliphatic carbocycles. The number of nitrogens with zero attached hydrogens (tertiary/aromatic N) is 4. The molecule has 0 radical (unpaired) electrons. The Morgan fingerprint density at radius 1 is 1.06 bits per heavy atom. The van der Waals surface area contributed by atoms with Gasteiger partial charge in [0.25, 0.3) is 0 Å². The van der Waals surface area contributed by atoms with Gasteiger partial charge >= 0.3 is 0 Å². The molecular weight excluding hydrogens is 426 g/mol. The fourth-order valence-corrected chi connectivity index (χ4v) is 5.40. The molecule has 1 aromatic carbocycles. The van der Waals surface area contributed by atoms with Crippen molar-refractivity contribution >= 4 is 34.4 Å². The molecule has 31 heavy (non-hydrogen) atoms. The Kier molecular flexibility index (Phi) is 4.95. The minimum absolute atomic E-state index is 0.168. The Bertz CT molecular complexity index is 1240. The maximum Gasteiger partial charge on any atom is 0.193 e. The number of anilines is 1. The van der Waals surface area contributed by atoms with Crippen LogP contribution in [0.25, 0.3) is 5.13 Å². The first kappa shape index (κ1) is 19.7. The number of pyridine rings is 1. The first-order valence-electron chi connectivity index (χ1n) is 9.93. The third-order valence-electron chi connectivity index (χ3n) is 5.64. The monoisotopic (exact) mass is 447 g/mol. The minimum atomic E-state index is -0.185. The molecule has 0 bridgehead atoms. The quantitative estimate of drug-likeness (QED) is 0.437. The zero-order valence-corrected chi connectivity index (χ0v) is 18.7. The predicted octanol–water partition coefficient (Wildman–Crippen LogP) is 4.83. The fraction of sp³-hybridized carbons (Fsp3) is 0.174. The van der Waals surface area contributed by atoms with E-state index in [1.165, 1.54) is 0 Å². The summed E-state index contributed by atoms with van der Waals surface area (Å²) >= 11 is 7.36. The zero-order chi connectivity index (χ0) is 21.5. The van der Waals surface area contributed by atoms with Gasteiger partial charge in [-0.15, -0.1) is 11.3 Å². The normalized spacial score (nSPS) is 18.4. The maximum atomic E-state index is 10.6. The van der Waals surface area contributed by atoms with Crippen LogP contribution in [-0.4, -0.2) is 24.8 Å². The topological polar surface area (TPSA) is 66.2 Å². The van der Waals surface area contributed by atoms with Crippen molar-refractivity contribution in [3.8, 4) is 10.9 Å². The number of hydrogen-bond acceptors (Lipinski definition) is 5. The molecule has 0 saturated carbocycles.